The van der Waals surface area contributed by atoms with Crippen molar-refractivity contribution in [2.75, 3.05) is 19.0 Å². The summed E-state index contributed by atoms with van der Waals surface area (Å²) >= 11 is 0. The zero-order valence-corrected chi connectivity index (χ0v) is 8.03. The van der Waals surface area contributed by atoms with Gasteiger partial charge >= 0.3 is 0 Å². The first-order chi connectivity index (χ1) is 6.24. The fourth-order valence-corrected chi connectivity index (χ4v) is 1.06. The molecular formula is C10H14N2O. The van der Waals surface area contributed by atoms with Crippen molar-refractivity contribution in [1.82, 2.24) is 4.98 Å². The van der Waals surface area contributed by atoms with E-state index in [1.54, 1.807) is 0 Å². The van der Waals surface area contributed by atoms with Crippen LogP contribution in [-0.2, 0) is 11.2 Å². The van der Waals surface area contributed by atoms with Gasteiger partial charge in [0.05, 0.1) is 0 Å². The van der Waals surface area contributed by atoms with E-state index in [1.807, 2.05) is 37.2 Å². The third-order valence-corrected chi connectivity index (χ3v) is 1.77. The number of hydrogen-bond donors (Lipinski definition) is 0. The van der Waals surface area contributed by atoms with E-state index in [9.17, 15) is 4.79 Å². The van der Waals surface area contributed by atoms with Crippen LogP contribution < -0.4 is 4.90 Å². The molecule has 0 saturated heterocycles. The number of aromatic nitrogens is 1. The lowest BCUT2D eigenvalue weighted by atomic mass is 10.2. The van der Waals surface area contributed by atoms with Gasteiger partial charge in [-0.2, -0.15) is 0 Å². The van der Waals surface area contributed by atoms with E-state index in [2.05, 4.69) is 4.98 Å². The van der Waals surface area contributed by atoms with Gasteiger partial charge in [0.25, 0.3) is 0 Å². The summed E-state index contributed by atoms with van der Waals surface area (Å²) in [4.78, 5) is 16.5. The Morgan fingerprint density at radius 1 is 1.46 bits per heavy atom. The molecule has 3 nitrogen and oxygen atoms in total. The average Bonchev–Trinajstić information content (AvgIpc) is 2.15. The predicted octanol–water partition coefficient (Wildman–Crippen LogP) is 1.28. The van der Waals surface area contributed by atoms with E-state index in [1.165, 1.54) is 0 Å². The fraction of sp³-hybridized carbons (Fsp3) is 0.400. The van der Waals surface area contributed by atoms with Crippen molar-refractivity contribution in [3.8, 4) is 0 Å². The zero-order chi connectivity index (χ0) is 9.68. The first-order valence-electron chi connectivity index (χ1n) is 4.31. The van der Waals surface area contributed by atoms with Gasteiger partial charge in [0, 0.05) is 26.2 Å². The van der Waals surface area contributed by atoms with E-state index in [0.717, 1.165) is 24.2 Å². The van der Waals surface area contributed by atoms with Crippen molar-refractivity contribution in [3.05, 3.63) is 23.9 Å². The quantitative estimate of drug-likeness (QED) is 0.651. The molecule has 1 aromatic heterocycles. The van der Waals surface area contributed by atoms with Crippen molar-refractivity contribution in [2.24, 2.45) is 0 Å². The predicted molar refractivity (Wildman–Crippen MR) is 52.9 cm³/mol. The molecular weight excluding hydrogens is 164 g/mol. The molecule has 1 rings (SSSR count). The Kier molecular flexibility index (Phi) is 3.43. The van der Waals surface area contributed by atoms with Gasteiger partial charge in [0.2, 0.25) is 0 Å². The number of hydrogen-bond acceptors (Lipinski definition) is 3. The SMILES string of the molecule is CN(C)c1cccc(CCC=O)n1. The Morgan fingerprint density at radius 2 is 2.23 bits per heavy atom. The smallest absolute Gasteiger partial charge is 0.128 e. The number of carbonyl (C=O) groups is 1. The Bertz CT molecular complexity index is 284. The van der Waals surface area contributed by atoms with E-state index < -0.39 is 0 Å². The van der Waals surface area contributed by atoms with E-state index in [4.69, 9.17) is 0 Å². The minimum atomic E-state index is 0.546. The molecule has 13 heavy (non-hydrogen) atoms. The Morgan fingerprint density at radius 3 is 2.85 bits per heavy atom. The van der Waals surface area contributed by atoms with Gasteiger partial charge in [0.1, 0.15) is 12.1 Å². The summed E-state index contributed by atoms with van der Waals surface area (Å²) in [6, 6.07) is 5.85. The molecule has 0 radical (unpaired) electrons. The molecule has 0 fully saturated rings. The highest BCUT2D eigenvalue weighted by atomic mass is 16.1. The normalized spacial score (nSPS) is 9.69. The van der Waals surface area contributed by atoms with Crippen LogP contribution in [0.25, 0.3) is 0 Å². The van der Waals surface area contributed by atoms with Crippen LogP contribution in [0.1, 0.15) is 12.1 Å². The molecule has 0 aliphatic rings. The molecule has 3 heteroatoms. The van der Waals surface area contributed by atoms with Crippen molar-refractivity contribution in [3.63, 3.8) is 0 Å². The minimum Gasteiger partial charge on any atom is -0.363 e. The Hall–Kier alpha value is -1.38. The third kappa shape index (κ3) is 2.86. The number of aryl methyl sites for hydroxylation is 1. The molecule has 1 heterocycles. The van der Waals surface area contributed by atoms with Crippen LogP contribution in [-0.4, -0.2) is 25.4 Å². The van der Waals surface area contributed by atoms with Gasteiger partial charge in [0.15, 0.2) is 0 Å². The molecule has 0 aliphatic carbocycles. The number of anilines is 1. The molecule has 0 bridgehead atoms. The van der Waals surface area contributed by atoms with Gasteiger partial charge in [-0.1, -0.05) is 6.07 Å². The van der Waals surface area contributed by atoms with Crippen LogP contribution in [0.15, 0.2) is 18.2 Å². The Balaban J connectivity index is 2.73. The highest BCUT2D eigenvalue weighted by molar-refractivity contribution is 5.50. The summed E-state index contributed by atoms with van der Waals surface area (Å²) in [5.74, 6) is 0.934. The second-order valence-electron chi connectivity index (χ2n) is 3.09. The Labute approximate surface area is 78.4 Å². The summed E-state index contributed by atoms with van der Waals surface area (Å²) in [6.07, 6.45) is 2.19. The fourth-order valence-electron chi connectivity index (χ4n) is 1.06. The molecule has 0 unspecified atom stereocenters. The highest BCUT2D eigenvalue weighted by Crippen LogP contribution is 2.08. The van der Waals surface area contributed by atoms with Crippen LogP contribution in [0.5, 0.6) is 0 Å². The topological polar surface area (TPSA) is 33.2 Å². The van der Waals surface area contributed by atoms with Crippen LogP contribution in [0.4, 0.5) is 5.82 Å². The largest absolute Gasteiger partial charge is 0.363 e. The number of pyridine rings is 1. The van der Waals surface area contributed by atoms with Crippen LogP contribution >= 0.6 is 0 Å². The van der Waals surface area contributed by atoms with Crippen molar-refractivity contribution in [1.29, 1.82) is 0 Å². The van der Waals surface area contributed by atoms with Gasteiger partial charge in [-0.3, -0.25) is 0 Å². The van der Waals surface area contributed by atoms with Crippen molar-refractivity contribution in [2.45, 2.75) is 12.8 Å². The van der Waals surface area contributed by atoms with Crippen LogP contribution in [0, 0.1) is 0 Å². The maximum atomic E-state index is 10.2. The lowest BCUT2D eigenvalue weighted by molar-refractivity contribution is -0.107. The monoisotopic (exact) mass is 178 g/mol. The second kappa shape index (κ2) is 4.60. The van der Waals surface area contributed by atoms with Crippen molar-refractivity contribution < 1.29 is 4.79 Å². The summed E-state index contributed by atoms with van der Waals surface area (Å²) in [5, 5.41) is 0. The van der Waals surface area contributed by atoms with Crippen LogP contribution in [0.3, 0.4) is 0 Å². The molecule has 0 spiro atoms. The van der Waals surface area contributed by atoms with Crippen LogP contribution in [0.2, 0.25) is 0 Å². The van der Waals surface area contributed by atoms with Crippen molar-refractivity contribution >= 4 is 12.1 Å². The van der Waals surface area contributed by atoms with E-state index in [-0.39, 0.29) is 0 Å². The first kappa shape index (κ1) is 9.71. The lowest BCUT2D eigenvalue weighted by Gasteiger charge is -2.11. The van der Waals surface area contributed by atoms with Gasteiger partial charge in [-0.15, -0.1) is 0 Å². The minimum absolute atomic E-state index is 0.546. The summed E-state index contributed by atoms with van der Waals surface area (Å²) in [6.45, 7) is 0. The molecule has 0 aliphatic heterocycles. The number of carbonyl (C=O) groups excluding carboxylic acids is 1. The summed E-state index contributed by atoms with van der Waals surface area (Å²) in [7, 11) is 3.90. The van der Waals surface area contributed by atoms with E-state index >= 15 is 0 Å². The molecule has 70 valence electrons. The zero-order valence-electron chi connectivity index (χ0n) is 8.03. The number of rotatable bonds is 4. The molecule has 1 aromatic rings. The molecule has 0 atom stereocenters. The number of aldehydes is 1. The van der Waals surface area contributed by atoms with Gasteiger partial charge in [-0.25, -0.2) is 4.98 Å². The molecule has 0 N–H and O–H groups in total. The summed E-state index contributed by atoms with van der Waals surface area (Å²) in [5.41, 5.74) is 0.971. The maximum absolute atomic E-state index is 10.2. The second-order valence-corrected chi connectivity index (χ2v) is 3.09. The molecule has 0 aromatic carbocycles. The molecule has 0 amide bonds. The first-order valence-corrected chi connectivity index (χ1v) is 4.31. The maximum Gasteiger partial charge on any atom is 0.128 e. The summed E-state index contributed by atoms with van der Waals surface area (Å²) < 4.78 is 0. The average molecular weight is 178 g/mol. The standard InChI is InChI=1S/C10H14N2O/c1-12(2)10-7-3-5-9(11-10)6-4-8-13/h3,5,7-8H,4,6H2,1-2H3. The number of nitrogens with zero attached hydrogens (tertiary/aromatic N) is 2. The van der Waals surface area contributed by atoms with Gasteiger partial charge < -0.3 is 9.69 Å². The third-order valence-electron chi connectivity index (χ3n) is 1.77. The highest BCUT2D eigenvalue weighted by Gasteiger charge is 1.98. The van der Waals surface area contributed by atoms with Gasteiger partial charge in [-0.05, 0) is 18.6 Å². The molecule has 0 saturated carbocycles. The lowest BCUT2D eigenvalue weighted by Crippen LogP contribution is -2.11. The van der Waals surface area contributed by atoms with E-state index in [0.29, 0.717) is 6.42 Å².